The maximum absolute atomic E-state index is 13.1. The van der Waals surface area contributed by atoms with E-state index in [1.165, 1.54) is 16.7 Å². The van der Waals surface area contributed by atoms with Crippen molar-refractivity contribution in [2.45, 2.75) is 58.7 Å². The molecule has 2 atom stereocenters. The van der Waals surface area contributed by atoms with E-state index in [2.05, 4.69) is 70.2 Å². The SMILES string of the molecule is CCc1ccc(-c2ccc(C)cc2)cc1C1=C(C)C2(C)CCC(O2)C1=O. The molecule has 2 heterocycles. The van der Waals surface area contributed by atoms with Gasteiger partial charge in [-0.25, -0.2) is 0 Å². The highest BCUT2D eigenvalue weighted by molar-refractivity contribution is 6.25. The molecule has 0 aliphatic carbocycles. The maximum Gasteiger partial charge on any atom is 0.192 e. The minimum Gasteiger partial charge on any atom is -0.360 e. The average Bonchev–Trinajstić information content (AvgIpc) is 3.02. The Hall–Kier alpha value is -2.19. The molecular weight excluding hydrogens is 320 g/mol. The molecule has 2 aliphatic rings. The molecule has 0 spiro atoms. The van der Waals surface area contributed by atoms with Crippen molar-refractivity contribution in [3.63, 3.8) is 0 Å². The van der Waals surface area contributed by atoms with Crippen LogP contribution in [0.1, 0.15) is 50.3 Å². The van der Waals surface area contributed by atoms with Crippen molar-refractivity contribution in [1.29, 1.82) is 0 Å². The van der Waals surface area contributed by atoms with E-state index >= 15 is 0 Å². The van der Waals surface area contributed by atoms with Gasteiger partial charge in [0.15, 0.2) is 5.78 Å². The normalized spacial score (nSPS) is 25.1. The molecular formula is C24H26O2. The number of ether oxygens (including phenoxy) is 1. The molecule has 2 aromatic carbocycles. The van der Waals surface area contributed by atoms with Gasteiger partial charge in [-0.15, -0.1) is 0 Å². The largest absolute Gasteiger partial charge is 0.360 e. The number of carbonyl (C=O) groups excluding carboxylic acids is 1. The lowest BCUT2D eigenvalue weighted by molar-refractivity contribution is -0.128. The summed E-state index contributed by atoms with van der Waals surface area (Å²) in [6.07, 6.45) is 2.40. The fraction of sp³-hybridized carbons (Fsp3) is 0.375. The number of fused-ring (bicyclic) bond motifs is 2. The quantitative estimate of drug-likeness (QED) is 0.731. The van der Waals surface area contributed by atoms with Gasteiger partial charge in [0.1, 0.15) is 6.10 Å². The first-order valence-electron chi connectivity index (χ1n) is 9.56. The van der Waals surface area contributed by atoms with Gasteiger partial charge in [-0.2, -0.15) is 0 Å². The van der Waals surface area contributed by atoms with E-state index in [4.69, 9.17) is 4.74 Å². The molecule has 2 nitrogen and oxygen atoms in total. The molecule has 2 heteroatoms. The van der Waals surface area contributed by atoms with Crippen molar-refractivity contribution in [3.8, 4) is 11.1 Å². The predicted octanol–water partition coefficient (Wildman–Crippen LogP) is 5.52. The van der Waals surface area contributed by atoms with E-state index in [9.17, 15) is 4.79 Å². The number of hydrogen-bond donors (Lipinski definition) is 0. The Labute approximate surface area is 155 Å². The molecule has 134 valence electrons. The summed E-state index contributed by atoms with van der Waals surface area (Å²) in [5.41, 5.74) is 7.61. The molecule has 0 aromatic heterocycles. The third-order valence-corrected chi connectivity index (χ3v) is 6.14. The van der Waals surface area contributed by atoms with Crippen LogP contribution < -0.4 is 0 Å². The third-order valence-electron chi connectivity index (χ3n) is 6.14. The minimum atomic E-state index is -0.293. The third kappa shape index (κ3) is 2.64. The van der Waals surface area contributed by atoms with Gasteiger partial charge in [0, 0.05) is 5.57 Å². The van der Waals surface area contributed by atoms with E-state index in [-0.39, 0.29) is 17.5 Å². The summed E-state index contributed by atoms with van der Waals surface area (Å²) in [6.45, 7) is 8.46. The lowest BCUT2D eigenvalue weighted by Crippen LogP contribution is -2.37. The zero-order valence-corrected chi connectivity index (χ0v) is 16.1. The molecule has 1 fully saturated rings. The number of hydrogen-bond acceptors (Lipinski definition) is 2. The Bertz CT molecular complexity index is 904. The van der Waals surface area contributed by atoms with Gasteiger partial charge < -0.3 is 4.74 Å². The molecule has 1 saturated heterocycles. The lowest BCUT2D eigenvalue weighted by atomic mass is 9.83. The van der Waals surface area contributed by atoms with Crippen molar-refractivity contribution in [2.75, 3.05) is 0 Å². The summed E-state index contributed by atoms with van der Waals surface area (Å²) < 4.78 is 6.06. The van der Waals surface area contributed by atoms with Gasteiger partial charge in [0.25, 0.3) is 0 Å². The van der Waals surface area contributed by atoms with Crippen molar-refractivity contribution >= 4 is 11.4 Å². The highest BCUT2D eigenvalue weighted by Crippen LogP contribution is 2.46. The summed E-state index contributed by atoms with van der Waals surface area (Å²) >= 11 is 0. The summed E-state index contributed by atoms with van der Waals surface area (Å²) in [4.78, 5) is 13.1. The van der Waals surface area contributed by atoms with Crippen LogP contribution in [-0.4, -0.2) is 17.5 Å². The molecule has 0 radical (unpaired) electrons. The molecule has 2 unspecified atom stereocenters. The zero-order valence-electron chi connectivity index (χ0n) is 16.1. The summed E-state index contributed by atoms with van der Waals surface area (Å²) in [6, 6.07) is 15.1. The van der Waals surface area contributed by atoms with Crippen LogP contribution >= 0.6 is 0 Å². The monoisotopic (exact) mass is 346 g/mol. The van der Waals surface area contributed by atoms with Crippen LogP contribution in [0.3, 0.4) is 0 Å². The molecule has 0 amide bonds. The van der Waals surface area contributed by atoms with Crippen LogP contribution in [0.2, 0.25) is 0 Å². The number of ketones is 1. The second-order valence-electron chi connectivity index (χ2n) is 7.83. The van der Waals surface area contributed by atoms with E-state index < -0.39 is 0 Å². The zero-order chi connectivity index (χ0) is 18.5. The fourth-order valence-electron chi connectivity index (χ4n) is 4.29. The van der Waals surface area contributed by atoms with Gasteiger partial charge in [-0.1, -0.05) is 48.9 Å². The second-order valence-corrected chi connectivity index (χ2v) is 7.83. The predicted molar refractivity (Wildman–Crippen MR) is 106 cm³/mol. The van der Waals surface area contributed by atoms with E-state index in [1.54, 1.807) is 0 Å². The maximum atomic E-state index is 13.1. The topological polar surface area (TPSA) is 26.3 Å². The Kier molecular flexibility index (Phi) is 4.11. The average molecular weight is 346 g/mol. The number of rotatable bonds is 3. The Morgan fingerprint density at radius 2 is 1.77 bits per heavy atom. The van der Waals surface area contributed by atoms with E-state index in [0.29, 0.717) is 0 Å². The number of carbonyl (C=O) groups is 1. The first kappa shape index (κ1) is 17.2. The van der Waals surface area contributed by atoms with Crippen LogP contribution in [0.25, 0.3) is 16.7 Å². The van der Waals surface area contributed by atoms with Gasteiger partial charge in [-0.3, -0.25) is 4.79 Å². The van der Waals surface area contributed by atoms with E-state index in [0.717, 1.165) is 41.5 Å². The Morgan fingerprint density at radius 3 is 2.46 bits per heavy atom. The minimum absolute atomic E-state index is 0.160. The van der Waals surface area contributed by atoms with Crippen LogP contribution in [0.5, 0.6) is 0 Å². The lowest BCUT2D eigenvalue weighted by Gasteiger charge is -2.33. The van der Waals surface area contributed by atoms with Crippen molar-refractivity contribution < 1.29 is 9.53 Å². The van der Waals surface area contributed by atoms with Gasteiger partial charge in [-0.05, 0) is 73.9 Å². The van der Waals surface area contributed by atoms with Crippen LogP contribution in [-0.2, 0) is 16.0 Å². The van der Waals surface area contributed by atoms with Crippen molar-refractivity contribution in [1.82, 2.24) is 0 Å². The number of Topliss-reactive ketones (excluding diaryl/α,β-unsaturated/α-hetero) is 1. The molecule has 2 aromatic rings. The first-order valence-corrected chi connectivity index (χ1v) is 9.56. The summed E-state index contributed by atoms with van der Waals surface area (Å²) in [5.74, 6) is 0.160. The number of benzene rings is 2. The summed E-state index contributed by atoms with van der Waals surface area (Å²) in [5, 5.41) is 0. The van der Waals surface area contributed by atoms with E-state index in [1.807, 2.05) is 0 Å². The standard InChI is InChI=1S/C24H26O2/c1-5-17-10-11-19(18-8-6-15(2)7-9-18)14-20(17)22-16(3)24(4)13-12-21(26-24)23(22)25/h6-11,14,21H,5,12-13H2,1-4H3. The molecule has 4 rings (SSSR count). The highest BCUT2D eigenvalue weighted by Gasteiger charge is 2.48. The van der Waals surface area contributed by atoms with Gasteiger partial charge in [0.2, 0.25) is 0 Å². The molecule has 26 heavy (non-hydrogen) atoms. The second kappa shape index (κ2) is 6.21. The smallest absolute Gasteiger partial charge is 0.192 e. The van der Waals surface area contributed by atoms with Crippen molar-refractivity contribution in [3.05, 3.63) is 64.7 Å². The van der Waals surface area contributed by atoms with Gasteiger partial charge >= 0.3 is 0 Å². The molecule has 2 aliphatic heterocycles. The van der Waals surface area contributed by atoms with Crippen LogP contribution in [0.15, 0.2) is 48.0 Å². The van der Waals surface area contributed by atoms with Crippen LogP contribution in [0.4, 0.5) is 0 Å². The first-order chi connectivity index (χ1) is 12.4. The fourth-order valence-corrected chi connectivity index (χ4v) is 4.29. The molecule has 2 bridgehead atoms. The molecule has 0 saturated carbocycles. The molecule has 0 N–H and O–H groups in total. The Morgan fingerprint density at radius 1 is 1.08 bits per heavy atom. The Balaban J connectivity index is 1.89. The summed E-state index contributed by atoms with van der Waals surface area (Å²) in [7, 11) is 0. The van der Waals surface area contributed by atoms with Crippen molar-refractivity contribution in [2.24, 2.45) is 0 Å². The van der Waals surface area contributed by atoms with Crippen LogP contribution in [0, 0.1) is 6.92 Å². The highest BCUT2D eigenvalue weighted by atomic mass is 16.5. The van der Waals surface area contributed by atoms with Gasteiger partial charge in [0.05, 0.1) is 5.60 Å². The number of aryl methyl sites for hydroxylation is 2.